The number of hydrogen-bond donors (Lipinski definition) is 2. The Morgan fingerprint density at radius 1 is 1.39 bits per heavy atom. The lowest BCUT2D eigenvalue weighted by Crippen LogP contribution is -2.50. The molecule has 0 spiro atoms. The molecule has 0 saturated heterocycles. The third-order valence-electron chi connectivity index (χ3n) is 4.56. The van der Waals surface area contributed by atoms with Gasteiger partial charge in [-0.3, -0.25) is 0 Å². The van der Waals surface area contributed by atoms with E-state index in [-0.39, 0.29) is 11.6 Å². The lowest BCUT2D eigenvalue weighted by Gasteiger charge is -2.36. The molecular formula is C18H24N4O. The van der Waals surface area contributed by atoms with Crippen molar-refractivity contribution in [3.05, 3.63) is 54.1 Å². The van der Waals surface area contributed by atoms with Gasteiger partial charge in [0.25, 0.3) is 0 Å². The van der Waals surface area contributed by atoms with Gasteiger partial charge in [0.2, 0.25) is 0 Å². The Morgan fingerprint density at radius 3 is 3.09 bits per heavy atom. The minimum absolute atomic E-state index is 0.0881. The molecule has 122 valence electrons. The van der Waals surface area contributed by atoms with Gasteiger partial charge in [-0.25, -0.2) is 9.78 Å². The van der Waals surface area contributed by atoms with Crippen LogP contribution in [0.1, 0.15) is 37.3 Å². The van der Waals surface area contributed by atoms with Crippen LogP contribution in [-0.4, -0.2) is 22.1 Å². The standard InChI is InChI=1S/C18H24N4O/c1-18(9-4-7-15-6-2-3-8-16(15)18)21-17(23)20-10-5-12-22-13-11-19-14-22/h2-3,6,8,11,13-14H,4-5,7,9-10,12H2,1H3,(H2,20,21,23). The largest absolute Gasteiger partial charge is 0.338 e. The van der Waals surface area contributed by atoms with Gasteiger partial charge in [-0.05, 0) is 43.7 Å². The molecule has 1 aliphatic carbocycles. The van der Waals surface area contributed by atoms with Crippen LogP contribution >= 0.6 is 0 Å². The van der Waals surface area contributed by atoms with E-state index in [1.54, 1.807) is 12.5 Å². The highest BCUT2D eigenvalue weighted by Crippen LogP contribution is 2.34. The molecule has 2 aromatic rings. The number of nitrogens with one attached hydrogen (secondary N) is 2. The lowest BCUT2D eigenvalue weighted by atomic mass is 9.78. The quantitative estimate of drug-likeness (QED) is 0.834. The first-order chi connectivity index (χ1) is 11.2. The zero-order valence-electron chi connectivity index (χ0n) is 13.6. The van der Waals surface area contributed by atoms with Crippen molar-refractivity contribution < 1.29 is 4.79 Å². The molecular weight excluding hydrogens is 288 g/mol. The van der Waals surface area contributed by atoms with E-state index < -0.39 is 0 Å². The minimum Gasteiger partial charge on any atom is -0.338 e. The fourth-order valence-corrected chi connectivity index (χ4v) is 3.35. The van der Waals surface area contributed by atoms with Crippen molar-refractivity contribution >= 4 is 6.03 Å². The molecule has 0 aliphatic heterocycles. The van der Waals surface area contributed by atoms with Crippen molar-refractivity contribution in [3.63, 3.8) is 0 Å². The Bertz CT molecular complexity index is 653. The van der Waals surface area contributed by atoms with Gasteiger partial charge in [0, 0.05) is 25.5 Å². The Morgan fingerprint density at radius 2 is 2.26 bits per heavy atom. The Hall–Kier alpha value is -2.30. The topological polar surface area (TPSA) is 59.0 Å². The molecule has 1 atom stereocenters. The third kappa shape index (κ3) is 3.73. The molecule has 0 saturated carbocycles. The third-order valence-corrected chi connectivity index (χ3v) is 4.56. The molecule has 0 bridgehead atoms. The van der Waals surface area contributed by atoms with Crippen LogP contribution in [-0.2, 0) is 18.5 Å². The van der Waals surface area contributed by atoms with Crippen molar-refractivity contribution in [1.29, 1.82) is 0 Å². The zero-order chi connectivity index (χ0) is 16.1. The molecule has 5 nitrogen and oxygen atoms in total. The number of nitrogens with zero attached hydrogens (tertiary/aromatic N) is 2. The minimum atomic E-state index is -0.275. The summed E-state index contributed by atoms with van der Waals surface area (Å²) in [5, 5.41) is 6.14. The van der Waals surface area contributed by atoms with Gasteiger partial charge in [-0.2, -0.15) is 0 Å². The monoisotopic (exact) mass is 312 g/mol. The molecule has 1 aromatic carbocycles. The number of aromatic nitrogens is 2. The number of aryl methyl sites for hydroxylation is 2. The molecule has 2 N–H and O–H groups in total. The average molecular weight is 312 g/mol. The van der Waals surface area contributed by atoms with Crippen LogP contribution in [0.15, 0.2) is 43.0 Å². The average Bonchev–Trinajstić information content (AvgIpc) is 3.05. The summed E-state index contributed by atoms with van der Waals surface area (Å²) >= 11 is 0. The first kappa shape index (κ1) is 15.6. The van der Waals surface area contributed by atoms with Crippen molar-refractivity contribution in [3.8, 4) is 0 Å². The number of fused-ring (bicyclic) bond motifs is 1. The number of imidazole rings is 1. The summed E-state index contributed by atoms with van der Waals surface area (Å²) < 4.78 is 2.01. The predicted molar refractivity (Wildman–Crippen MR) is 90.1 cm³/mol. The highest BCUT2D eigenvalue weighted by atomic mass is 16.2. The van der Waals surface area contributed by atoms with Gasteiger partial charge in [0.15, 0.2) is 0 Å². The van der Waals surface area contributed by atoms with E-state index in [0.717, 1.165) is 32.2 Å². The SMILES string of the molecule is CC1(NC(=O)NCCCn2ccnc2)CCCc2ccccc21. The first-order valence-electron chi connectivity index (χ1n) is 8.27. The number of carbonyl (C=O) groups is 1. The predicted octanol–water partition coefficient (Wildman–Crippen LogP) is 2.82. The van der Waals surface area contributed by atoms with Crippen LogP contribution in [0, 0.1) is 0 Å². The maximum atomic E-state index is 12.2. The summed E-state index contributed by atoms with van der Waals surface area (Å²) in [5.41, 5.74) is 2.32. The van der Waals surface area contributed by atoms with Crippen molar-refractivity contribution in [2.24, 2.45) is 0 Å². The number of benzene rings is 1. The maximum absolute atomic E-state index is 12.2. The highest BCUT2D eigenvalue weighted by Gasteiger charge is 2.32. The summed E-state index contributed by atoms with van der Waals surface area (Å²) in [6.07, 6.45) is 9.56. The van der Waals surface area contributed by atoms with Gasteiger partial charge < -0.3 is 15.2 Å². The van der Waals surface area contributed by atoms with Gasteiger partial charge in [-0.1, -0.05) is 24.3 Å². The van der Waals surface area contributed by atoms with Crippen LogP contribution in [0.2, 0.25) is 0 Å². The number of urea groups is 1. The van der Waals surface area contributed by atoms with Crippen LogP contribution in [0.3, 0.4) is 0 Å². The lowest BCUT2D eigenvalue weighted by molar-refractivity contribution is 0.221. The van der Waals surface area contributed by atoms with E-state index in [4.69, 9.17) is 0 Å². The van der Waals surface area contributed by atoms with E-state index in [1.807, 2.05) is 16.8 Å². The Kier molecular flexibility index (Phi) is 4.65. The van der Waals surface area contributed by atoms with Crippen molar-refractivity contribution in [2.75, 3.05) is 6.54 Å². The molecule has 0 fully saturated rings. The van der Waals surface area contributed by atoms with Gasteiger partial charge >= 0.3 is 6.03 Å². The fraction of sp³-hybridized carbons (Fsp3) is 0.444. The highest BCUT2D eigenvalue weighted by molar-refractivity contribution is 5.75. The Labute approximate surface area is 137 Å². The first-order valence-corrected chi connectivity index (χ1v) is 8.27. The molecule has 3 rings (SSSR count). The number of rotatable bonds is 5. The summed E-state index contributed by atoms with van der Waals surface area (Å²) in [6, 6.07) is 8.33. The molecule has 23 heavy (non-hydrogen) atoms. The second kappa shape index (κ2) is 6.86. The van der Waals surface area contributed by atoms with Crippen LogP contribution in [0.25, 0.3) is 0 Å². The van der Waals surface area contributed by atoms with Crippen molar-refractivity contribution in [2.45, 2.75) is 44.7 Å². The van der Waals surface area contributed by atoms with E-state index >= 15 is 0 Å². The normalized spacial score (nSPS) is 19.9. The van der Waals surface area contributed by atoms with E-state index in [9.17, 15) is 4.79 Å². The van der Waals surface area contributed by atoms with Crippen LogP contribution in [0.4, 0.5) is 4.79 Å². The van der Waals surface area contributed by atoms with E-state index in [0.29, 0.717) is 6.54 Å². The maximum Gasteiger partial charge on any atom is 0.315 e. The molecule has 1 aliphatic rings. The number of hydrogen-bond acceptors (Lipinski definition) is 2. The molecule has 1 unspecified atom stereocenters. The number of carbonyl (C=O) groups excluding carboxylic acids is 1. The van der Waals surface area contributed by atoms with E-state index in [1.165, 1.54) is 11.1 Å². The van der Waals surface area contributed by atoms with Crippen molar-refractivity contribution in [1.82, 2.24) is 20.2 Å². The molecule has 0 radical (unpaired) electrons. The van der Waals surface area contributed by atoms with Gasteiger partial charge in [-0.15, -0.1) is 0 Å². The summed E-state index contributed by atoms with van der Waals surface area (Å²) in [6.45, 7) is 3.64. The number of amides is 2. The van der Waals surface area contributed by atoms with Crippen LogP contribution in [0.5, 0.6) is 0 Å². The van der Waals surface area contributed by atoms with Gasteiger partial charge in [0.1, 0.15) is 0 Å². The second-order valence-electron chi connectivity index (χ2n) is 6.38. The fourth-order valence-electron chi connectivity index (χ4n) is 3.35. The summed E-state index contributed by atoms with van der Waals surface area (Å²) in [5.74, 6) is 0. The molecule has 1 heterocycles. The molecule has 5 heteroatoms. The Balaban J connectivity index is 1.51. The van der Waals surface area contributed by atoms with E-state index in [2.05, 4.69) is 40.7 Å². The molecule has 2 amide bonds. The summed E-state index contributed by atoms with van der Waals surface area (Å²) in [7, 11) is 0. The zero-order valence-corrected chi connectivity index (χ0v) is 13.6. The van der Waals surface area contributed by atoms with Crippen LogP contribution < -0.4 is 10.6 Å². The van der Waals surface area contributed by atoms with Gasteiger partial charge in [0.05, 0.1) is 11.9 Å². The smallest absolute Gasteiger partial charge is 0.315 e. The second-order valence-corrected chi connectivity index (χ2v) is 6.38. The molecule has 1 aromatic heterocycles. The summed E-state index contributed by atoms with van der Waals surface area (Å²) in [4.78, 5) is 16.3.